The second-order valence-electron chi connectivity index (χ2n) is 3.06. The van der Waals surface area contributed by atoms with Crippen molar-refractivity contribution < 1.29 is 14.7 Å². The molecule has 0 fully saturated rings. The number of carboxylic acid groups (broad SMARTS) is 1. The minimum absolute atomic E-state index is 0.232. The predicted octanol–water partition coefficient (Wildman–Crippen LogP) is 0.427. The number of benzene rings is 1. The second-order valence-corrected chi connectivity index (χ2v) is 3.06. The zero-order valence-electron chi connectivity index (χ0n) is 8.01. The summed E-state index contributed by atoms with van der Waals surface area (Å²) in [6, 6.07) is 7.63. The number of rotatable bonds is 4. The zero-order valence-corrected chi connectivity index (χ0v) is 8.01. The van der Waals surface area contributed by atoms with Crippen LogP contribution in [0.5, 0.6) is 0 Å². The predicted molar refractivity (Wildman–Crippen MR) is 55.3 cm³/mol. The molecule has 1 rings (SSSR count). The Kier molecular flexibility index (Phi) is 3.82. The third-order valence-electron chi connectivity index (χ3n) is 1.78. The SMILES string of the molecule is N[C@H](CC(=O)Nc1ccccc1)C(=O)O. The van der Waals surface area contributed by atoms with Crippen molar-refractivity contribution in [3.05, 3.63) is 30.3 Å². The van der Waals surface area contributed by atoms with E-state index in [2.05, 4.69) is 5.32 Å². The molecule has 0 saturated carbocycles. The van der Waals surface area contributed by atoms with Crippen LogP contribution in [0.15, 0.2) is 30.3 Å². The largest absolute Gasteiger partial charge is 0.480 e. The first kappa shape index (κ1) is 11.2. The van der Waals surface area contributed by atoms with E-state index in [0.717, 1.165) is 0 Å². The normalized spacial score (nSPS) is 11.8. The van der Waals surface area contributed by atoms with Gasteiger partial charge in [0.25, 0.3) is 0 Å². The molecule has 1 amide bonds. The molecule has 0 aliphatic rings. The van der Waals surface area contributed by atoms with Gasteiger partial charge >= 0.3 is 5.97 Å². The number of carbonyl (C=O) groups is 2. The molecule has 0 bridgehead atoms. The quantitative estimate of drug-likeness (QED) is 0.668. The average molecular weight is 208 g/mol. The van der Waals surface area contributed by atoms with Gasteiger partial charge in [0.15, 0.2) is 0 Å². The molecule has 1 aromatic carbocycles. The molecular weight excluding hydrogens is 196 g/mol. The Morgan fingerprint density at radius 3 is 2.47 bits per heavy atom. The molecule has 0 radical (unpaired) electrons. The maximum atomic E-state index is 11.3. The van der Waals surface area contributed by atoms with Gasteiger partial charge in [-0.15, -0.1) is 0 Å². The van der Waals surface area contributed by atoms with Crippen LogP contribution in [0.1, 0.15) is 6.42 Å². The number of anilines is 1. The first-order valence-corrected chi connectivity index (χ1v) is 4.43. The fraction of sp³-hybridized carbons (Fsp3) is 0.200. The van der Waals surface area contributed by atoms with Gasteiger partial charge in [0.05, 0.1) is 6.42 Å². The van der Waals surface area contributed by atoms with Crippen LogP contribution in [0.2, 0.25) is 0 Å². The Labute approximate surface area is 86.9 Å². The van der Waals surface area contributed by atoms with E-state index in [1.165, 1.54) is 0 Å². The summed E-state index contributed by atoms with van der Waals surface area (Å²) in [5.74, 6) is -1.59. The Hall–Kier alpha value is -1.88. The molecule has 0 aliphatic carbocycles. The van der Waals surface area contributed by atoms with Crippen LogP contribution in [0.25, 0.3) is 0 Å². The first-order chi connectivity index (χ1) is 7.09. The molecule has 0 saturated heterocycles. The Morgan fingerprint density at radius 2 is 1.93 bits per heavy atom. The molecule has 5 heteroatoms. The summed E-state index contributed by atoms with van der Waals surface area (Å²) in [5, 5.41) is 11.0. The number of aliphatic carboxylic acids is 1. The Bertz CT molecular complexity index is 351. The summed E-state index contributed by atoms with van der Waals surface area (Å²) < 4.78 is 0. The van der Waals surface area contributed by atoms with Gasteiger partial charge in [0.2, 0.25) is 5.91 Å². The third kappa shape index (κ3) is 3.78. The summed E-state index contributed by atoms with van der Waals surface area (Å²) >= 11 is 0. The molecule has 1 atom stereocenters. The maximum absolute atomic E-state index is 11.3. The van der Waals surface area contributed by atoms with Crippen LogP contribution in [-0.2, 0) is 9.59 Å². The van der Waals surface area contributed by atoms with E-state index in [9.17, 15) is 9.59 Å². The lowest BCUT2D eigenvalue weighted by Gasteiger charge is -2.07. The van der Waals surface area contributed by atoms with Gasteiger partial charge in [-0.1, -0.05) is 18.2 Å². The highest BCUT2D eigenvalue weighted by molar-refractivity contribution is 5.93. The van der Waals surface area contributed by atoms with Crippen LogP contribution in [-0.4, -0.2) is 23.0 Å². The molecule has 0 aromatic heterocycles. The smallest absolute Gasteiger partial charge is 0.321 e. The summed E-state index contributed by atoms with van der Waals surface area (Å²) in [6.07, 6.45) is -0.232. The number of carboxylic acids is 1. The van der Waals surface area contributed by atoms with E-state index in [1.807, 2.05) is 6.07 Å². The molecule has 5 nitrogen and oxygen atoms in total. The van der Waals surface area contributed by atoms with Crippen LogP contribution in [0, 0.1) is 0 Å². The number of amides is 1. The van der Waals surface area contributed by atoms with Crippen molar-refractivity contribution in [2.45, 2.75) is 12.5 Å². The van der Waals surface area contributed by atoms with Gasteiger partial charge in [0, 0.05) is 5.69 Å². The topological polar surface area (TPSA) is 92.4 Å². The molecule has 0 heterocycles. The van der Waals surface area contributed by atoms with Gasteiger partial charge in [-0.2, -0.15) is 0 Å². The van der Waals surface area contributed by atoms with E-state index in [0.29, 0.717) is 5.69 Å². The summed E-state index contributed by atoms with van der Waals surface area (Å²) in [6.45, 7) is 0. The fourth-order valence-corrected chi connectivity index (χ4v) is 1.02. The number of para-hydroxylation sites is 1. The average Bonchev–Trinajstić information content (AvgIpc) is 2.18. The van der Waals surface area contributed by atoms with Gasteiger partial charge in [-0.05, 0) is 12.1 Å². The van der Waals surface area contributed by atoms with Crippen molar-refractivity contribution >= 4 is 17.6 Å². The summed E-state index contributed by atoms with van der Waals surface area (Å²) in [7, 11) is 0. The van der Waals surface area contributed by atoms with Crippen molar-refractivity contribution in [2.75, 3.05) is 5.32 Å². The molecule has 4 N–H and O–H groups in total. The number of nitrogens with one attached hydrogen (secondary N) is 1. The highest BCUT2D eigenvalue weighted by Crippen LogP contribution is 2.05. The standard InChI is InChI=1S/C10H12N2O3/c11-8(10(14)15)6-9(13)12-7-4-2-1-3-5-7/h1-5,8H,6,11H2,(H,12,13)(H,14,15)/t8-/m1/s1. The third-order valence-corrected chi connectivity index (χ3v) is 1.78. The van der Waals surface area contributed by atoms with Gasteiger partial charge in [-0.25, -0.2) is 0 Å². The minimum atomic E-state index is -1.18. The van der Waals surface area contributed by atoms with Crippen LogP contribution in [0.3, 0.4) is 0 Å². The number of hydrogen-bond acceptors (Lipinski definition) is 3. The van der Waals surface area contributed by atoms with Crippen LogP contribution < -0.4 is 11.1 Å². The van der Waals surface area contributed by atoms with Crippen molar-refractivity contribution in [1.29, 1.82) is 0 Å². The molecule has 15 heavy (non-hydrogen) atoms. The zero-order chi connectivity index (χ0) is 11.3. The molecule has 80 valence electrons. The Morgan fingerprint density at radius 1 is 1.33 bits per heavy atom. The lowest BCUT2D eigenvalue weighted by Crippen LogP contribution is -2.34. The van der Waals surface area contributed by atoms with Gasteiger partial charge in [-0.3, -0.25) is 9.59 Å². The molecule has 0 spiro atoms. The molecular formula is C10H12N2O3. The van der Waals surface area contributed by atoms with Crippen molar-refractivity contribution in [2.24, 2.45) is 5.73 Å². The first-order valence-electron chi connectivity index (χ1n) is 4.43. The summed E-state index contributed by atoms with van der Waals surface area (Å²) in [5.41, 5.74) is 5.84. The van der Waals surface area contributed by atoms with E-state index in [4.69, 9.17) is 10.8 Å². The minimum Gasteiger partial charge on any atom is -0.480 e. The molecule has 0 aliphatic heterocycles. The van der Waals surface area contributed by atoms with Gasteiger partial charge < -0.3 is 16.2 Å². The maximum Gasteiger partial charge on any atom is 0.321 e. The van der Waals surface area contributed by atoms with E-state index in [1.54, 1.807) is 24.3 Å². The highest BCUT2D eigenvalue weighted by Gasteiger charge is 2.15. The lowest BCUT2D eigenvalue weighted by atomic mass is 10.2. The van der Waals surface area contributed by atoms with Crippen LogP contribution >= 0.6 is 0 Å². The lowest BCUT2D eigenvalue weighted by molar-refractivity contribution is -0.140. The second kappa shape index (κ2) is 5.11. The van der Waals surface area contributed by atoms with Crippen LogP contribution in [0.4, 0.5) is 5.69 Å². The monoisotopic (exact) mass is 208 g/mol. The molecule has 0 unspecified atom stereocenters. The fourth-order valence-electron chi connectivity index (χ4n) is 1.02. The van der Waals surface area contributed by atoms with Crippen molar-refractivity contribution in [3.63, 3.8) is 0 Å². The van der Waals surface area contributed by atoms with E-state index >= 15 is 0 Å². The number of carbonyl (C=O) groups excluding carboxylic acids is 1. The summed E-state index contributed by atoms with van der Waals surface area (Å²) in [4.78, 5) is 21.7. The Balaban J connectivity index is 2.47. The highest BCUT2D eigenvalue weighted by atomic mass is 16.4. The molecule has 1 aromatic rings. The van der Waals surface area contributed by atoms with Gasteiger partial charge in [0.1, 0.15) is 6.04 Å². The number of hydrogen-bond donors (Lipinski definition) is 3. The van der Waals surface area contributed by atoms with E-state index < -0.39 is 17.9 Å². The van der Waals surface area contributed by atoms with Crippen molar-refractivity contribution in [1.82, 2.24) is 0 Å². The number of nitrogens with two attached hydrogens (primary N) is 1. The van der Waals surface area contributed by atoms with E-state index in [-0.39, 0.29) is 6.42 Å². The van der Waals surface area contributed by atoms with Crippen molar-refractivity contribution in [3.8, 4) is 0 Å².